The maximum Gasteiger partial charge on any atom is 0.225 e. The first-order valence-corrected chi connectivity index (χ1v) is 6.92. The third kappa shape index (κ3) is 3.88. The van der Waals surface area contributed by atoms with Crippen LogP contribution in [-0.4, -0.2) is 21.9 Å². The van der Waals surface area contributed by atoms with E-state index in [9.17, 15) is 4.79 Å². The summed E-state index contributed by atoms with van der Waals surface area (Å²) in [6.45, 7) is 1.92. The van der Waals surface area contributed by atoms with Crippen LogP contribution in [0.5, 0.6) is 0 Å². The largest absolute Gasteiger partial charge is 0.328 e. The molecule has 0 saturated carbocycles. The Balaban J connectivity index is 2.05. The molecule has 0 bridgehead atoms. The molecule has 0 radical (unpaired) electrons. The number of carbonyl (C=O) groups excluding carboxylic acids is 1. The van der Waals surface area contributed by atoms with Crippen LogP contribution in [0.15, 0.2) is 24.3 Å². The Morgan fingerprint density at radius 1 is 1.35 bits per heavy atom. The zero-order chi connectivity index (χ0) is 14.5. The van der Waals surface area contributed by atoms with Gasteiger partial charge in [0.05, 0.1) is 11.0 Å². The Labute approximate surface area is 122 Å². The highest BCUT2D eigenvalue weighted by Gasteiger charge is 2.10. The lowest BCUT2D eigenvalue weighted by molar-refractivity contribution is -0.116. The number of carbonyl (C=O) groups is 1. The van der Waals surface area contributed by atoms with Crippen molar-refractivity contribution < 1.29 is 4.79 Å². The number of anilines is 1. The van der Waals surface area contributed by atoms with E-state index in [0.717, 1.165) is 12.8 Å². The number of nitrogens with one attached hydrogen (secondary N) is 1. The first-order chi connectivity index (χ1) is 9.56. The van der Waals surface area contributed by atoms with Gasteiger partial charge in [0.25, 0.3) is 0 Å². The van der Waals surface area contributed by atoms with Gasteiger partial charge < -0.3 is 11.1 Å². The van der Waals surface area contributed by atoms with Crippen LogP contribution >= 0.6 is 11.6 Å². The number of benzene rings is 1. The molecule has 1 atom stereocenters. The maximum atomic E-state index is 11.8. The Morgan fingerprint density at radius 2 is 2.00 bits per heavy atom. The minimum absolute atomic E-state index is 0.104. The molecule has 106 valence electrons. The molecule has 0 fully saturated rings. The van der Waals surface area contributed by atoms with Gasteiger partial charge in [0.1, 0.15) is 0 Å². The standard InChI is InChI=1S/C14H17ClN4O/c1-9(16)5-4-8-12(20)19-14-13(15)17-10-6-2-3-7-11(10)18-14/h2-3,6-7,9H,4-5,8,16H2,1H3,(H,18,19,20). The highest BCUT2D eigenvalue weighted by atomic mass is 35.5. The molecule has 3 N–H and O–H groups in total. The average Bonchev–Trinajstić information content (AvgIpc) is 2.39. The molecule has 2 aromatic rings. The van der Waals surface area contributed by atoms with E-state index in [4.69, 9.17) is 17.3 Å². The third-order valence-corrected chi connectivity index (χ3v) is 3.11. The van der Waals surface area contributed by atoms with Crippen LogP contribution in [0.4, 0.5) is 5.82 Å². The van der Waals surface area contributed by atoms with E-state index in [2.05, 4.69) is 15.3 Å². The number of hydrogen-bond acceptors (Lipinski definition) is 4. The SMILES string of the molecule is CC(N)CCCC(=O)Nc1nc2ccccc2nc1Cl. The molecular formula is C14H17ClN4O. The predicted octanol–water partition coefficient (Wildman–Crippen LogP) is 2.74. The lowest BCUT2D eigenvalue weighted by atomic mass is 10.1. The summed E-state index contributed by atoms with van der Waals surface area (Å²) in [4.78, 5) is 20.3. The molecule has 0 aliphatic rings. The molecule has 5 nitrogen and oxygen atoms in total. The summed E-state index contributed by atoms with van der Waals surface area (Å²) in [6.07, 6.45) is 1.94. The van der Waals surface area contributed by atoms with Crippen molar-refractivity contribution in [3.63, 3.8) is 0 Å². The van der Waals surface area contributed by atoms with E-state index in [1.54, 1.807) is 0 Å². The van der Waals surface area contributed by atoms with Crippen LogP contribution in [0.25, 0.3) is 11.0 Å². The molecule has 0 aliphatic heterocycles. The summed E-state index contributed by atoms with van der Waals surface area (Å²) in [5.74, 6) is 0.174. The number of halogens is 1. The monoisotopic (exact) mass is 292 g/mol. The molecule has 0 spiro atoms. The molecule has 20 heavy (non-hydrogen) atoms. The van der Waals surface area contributed by atoms with Crippen molar-refractivity contribution in [3.05, 3.63) is 29.4 Å². The summed E-state index contributed by atoms with van der Waals surface area (Å²) in [6, 6.07) is 7.47. The molecule has 1 aromatic heterocycles. The Kier molecular flexibility index (Phi) is 4.87. The summed E-state index contributed by atoms with van der Waals surface area (Å²) in [7, 11) is 0. The van der Waals surface area contributed by atoms with Crippen molar-refractivity contribution in [1.29, 1.82) is 0 Å². The first-order valence-electron chi connectivity index (χ1n) is 6.54. The van der Waals surface area contributed by atoms with Crippen molar-refractivity contribution in [2.45, 2.75) is 32.2 Å². The number of para-hydroxylation sites is 2. The van der Waals surface area contributed by atoms with Crippen molar-refractivity contribution >= 4 is 34.4 Å². The second-order valence-corrected chi connectivity index (χ2v) is 5.13. The fourth-order valence-electron chi connectivity index (χ4n) is 1.84. The highest BCUT2D eigenvalue weighted by molar-refractivity contribution is 6.32. The van der Waals surface area contributed by atoms with Crippen LogP contribution in [0.1, 0.15) is 26.2 Å². The van der Waals surface area contributed by atoms with Gasteiger partial charge in [0.15, 0.2) is 11.0 Å². The zero-order valence-electron chi connectivity index (χ0n) is 11.3. The second-order valence-electron chi connectivity index (χ2n) is 4.77. The summed E-state index contributed by atoms with van der Waals surface area (Å²) in [5, 5.41) is 2.89. The predicted molar refractivity (Wildman–Crippen MR) is 80.7 cm³/mol. The van der Waals surface area contributed by atoms with Gasteiger partial charge in [-0.05, 0) is 31.9 Å². The molecule has 1 aromatic carbocycles. The lowest BCUT2D eigenvalue weighted by Gasteiger charge is -2.08. The van der Waals surface area contributed by atoms with E-state index in [1.165, 1.54) is 0 Å². The fraction of sp³-hybridized carbons (Fsp3) is 0.357. The van der Waals surface area contributed by atoms with Crippen LogP contribution in [0.3, 0.4) is 0 Å². The van der Waals surface area contributed by atoms with E-state index in [0.29, 0.717) is 23.3 Å². The van der Waals surface area contributed by atoms with Crippen LogP contribution in [0.2, 0.25) is 5.15 Å². The lowest BCUT2D eigenvalue weighted by Crippen LogP contribution is -2.17. The molecule has 0 aliphatic carbocycles. The van der Waals surface area contributed by atoms with Gasteiger partial charge in [0, 0.05) is 12.5 Å². The second kappa shape index (κ2) is 6.63. The minimum atomic E-state index is -0.128. The van der Waals surface area contributed by atoms with Crippen LogP contribution < -0.4 is 11.1 Å². The molecule has 1 unspecified atom stereocenters. The van der Waals surface area contributed by atoms with Crippen molar-refractivity contribution in [2.75, 3.05) is 5.32 Å². The van der Waals surface area contributed by atoms with E-state index < -0.39 is 0 Å². The normalized spacial score (nSPS) is 12.3. The van der Waals surface area contributed by atoms with Gasteiger partial charge in [-0.15, -0.1) is 0 Å². The van der Waals surface area contributed by atoms with Gasteiger partial charge in [-0.3, -0.25) is 4.79 Å². The number of nitrogens with zero attached hydrogens (tertiary/aromatic N) is 2. The minimum Gasteiger partial charge on any atom is -0.328 e. The van der Waals surface area contributed by atoms with Gasteiger partial charge in [-0.2, -0.15) is 0 Å². The van der Waals surface area contributed by atoms with E-state index >= 15 is 0 Å². The topological polar surface area (TPSA) is 80.9 Å². The molecular weight excluding hydrogens is 276 g/mol. The average molecular weight is 293 g/mol. The first kappa shape index (κ1) is 14.7. The number of amides is 1. The number of rotatable bonds is 5. The molecule has 0 saturated heterocycles. The van der Waals surface area contributed by atoms with Gasteiger partial charge in [0.2, 0.25) is 5.91 Å². The quantitative estimate of drug-likeness (QED) is 0.888. The van der Waals surface area contributed by atoms with Crippen molar-refractivity contribution in [1.82, 2.24) is 9.97 Å². The van der Waals surface area contributed by atoms with Crippen molar-refractivity contribution in [3.8, 4) is 0 Å². The summed E-state index contributed by atoms with van der Waals surface area (Å²) in [5.41, 5.74) is 7.04. The number of fused-ring (bicyclic) bond motifs is 1. The Hall–Kier alpha value is -1.72. The van der Waals surface area contributed by atoms with Crippen LogP contribution in [0, 0.1) is 0 Å². The summed E-state index contributed by atoms with van der Waals surface area (Å²) < 4.78 is 0. The number of aromatic nitrogens is 2. The molecule has 2 rings (SSSR count). The zero-order valence-corrected chi connectivity index (χ0v) is 12.0. The maximum absolute atomic E-state index is 11.8. The molecule has 1 amide bonds. The molecule has 6 heteroatoms. The van der Waals surface area contributed by atoms with Gasteiger partial charge in [-0.1, -0.05) is 23.7 Å². The molecule has 1 heterocycles. The van der Waals surface area contributed by atoms with Gasteiger partial charge in [-0.25, -0.2) is 9.97 Å². The Bertz CT molecular complexity index is 615. The third-order valence-electron chi connectivity index (χ3n) is 2.85. The highest BCUT2D eigenvalue weighted by Crippen LogP contribution is 2.21. The number of nitrogens with two attached hydrogens (primary N) is 1. The Morgan fingerprint density at radius 3 is 2.65 bits per heavy atom. The van der Waals surface area contributed by atoms with Gasteiger partial charge >= 0.3 is 0 Å². The number of hydrogen-bond donors (Lipinski definition) is 2. The van der Waals surface area contributed by atoms with E-state index in [-0.39, 0.29) is 17.1 Å². The van der Waals surface area contributed by atoms with Crippen molar-refractivity contribution in [2.24, 2.45) is 5.73 Å². The fourth-order valence-corrected chi connectivity index (χ4v) is 2.02. The van der Waals surface area contributed by atoms with Crippen LogP contribution in [-0.2, 0) is 4.79 Å². The van der Waals surface area contributed by atoms with E-state index in [1.807, 2.05) is 31.2 Å². The smallest absolute Gasteiger partial charge is 0.225 e. The summed E-state index contributed by atoms with van der Waals surface area (Å²) >= 11 is 6.02.